The molecular weight excluding hydrogens is 420 g/mol. The van der Waals surface area contributed by atoms with Crippen LogP contribution in [0.1, 0.15) is 49.7 Å². The number of carboxylic acids is 1. The molecule has 0 bridgehead atoms. The van der Waals surface area contributed by atoms with E-state index in [9.17, 15) is 19.5 Å². The van der Waals surface area contributed by atoms with E-state index in [0.717, 1.165) is 11.1 Å². The molecule has 0 aromatic heterocycles. The summed E-state index contributed by atoms with van der Waals surface area (Å²) in [7, 11) is 0. The van der Waals surface area contributed by atoms with Gasteiger partial charge in [-0.3, -0.25) is 4.79 Å². The number of aliphatic carboxylic acids is 1. The molecule has 2 aromatic carbocycles. The molecule has 1 saturated heterocycles. The third kappa shape index (κ3) is 3.96. The zero-order valence-corrected chi connectivity index (χ0v) is 18.6. The van der Waals surface area contributed by atoms with Gasteiger partial charge in [-0.05, 0) is 47.4 Å². The van der Waals surface area contributed by atoms with Crippen molar-refractivity contribution in [2.45, 2.75) is 50.1 Å². The Kier molecular flexibility index (Phi) is 5.35. The van der Waals surface area contributed by atoms with Crippen LogP contribution < -0.4 is 5.32 Å². The fourth-order valence-electron chi connectivity index (χ4n) is 5.34. The van der Waals surface area contributed by atoms with Gasteiger partial charge < -0.3 is 20.1 Å². The standard InChI is InChI=1S/C26H28N2O5/c1-16-10-13-28(23(16)24(30)31)22(29)14-26(11-12-26)27-25(32)33-15-21-19-8-4-2-6-17(19)18-7-3-5-9-20(18)21/h2-9,16,21,23H,10-15H2,1H3,(H,27,32)(H,30,31). The van der Waals surface area contributed by atoms with Crippen molar-refractivity contribution in [3.8, 4) is 11.1 Å². The van der Waals surface area contributed by atoms with Crippen LogP contribution in [-0.4, -0.2) is 52.7 Å². The quantitative estimate of drug-likeness (QED) is 0.701. The predicted molar refractivity (Wildman–Crippen MR) is 122 cm³/mol. The number of amides is 2. The third-order valence-electron chi connectivity index (χ3n) is 7.33. The van der Waals surface area contributed by atoms with E-state index in [0.29, 0.717) is 25.8 Å². The van der Waals surface area contributed by atoms with Crippen molar-refractivity contribution < 1.29 is 24.2 Å². The Hall–Kier alpha value is -3.35. The average molecular weight is 449 g/mol. The number of benzene rings is 2. The van der Waals surface area contributed by atoms with E-state index in [1.165, 1.54) is 16.0 Å². The average Bonchev–Trinajstić information content (AvgIpc) is 3.29. The smallest absolute Gasteiger partial charge is 0.407 e. The summed E-state index contributed by atoms with van der Waals surface area (Å²) in [4.78, 5) is 38.5. The molecule has 2 aliphatic carbocycles. The maximum atomic E-state index is 12.9. The Morgan fingerprint density at radius 3 is 2.24 bits per heavy atom. The molecule has 7 heteroatoms. The van der Waals surface area contributed by atoms with E-state index in [1.807, 2.05) is 31.2 Å². The molecule has 33 heavy (non-hydrogen) atoms. The summed E-state index contributed by atoms with van der Waals surface area (Å²) in [5.41, 5.74) is 3.99. The number of nitrogens with one attached hydrogen (secondary N) is 1. The van der Waals surface area contributed by atoms with Crippen LogP contribution in [0.3, 0.4) is 0 Å². The zero-order chi connectivity index (χ0) is 23.2. The number of hydrogen-bond donors (Lipinski definition) is 2. The predicted octanol–water partition coefficient (Wildman–Crippen LogP) is 3.77. The van der Waals surface area contributed by atoms with Crippen LogP contribution in [-0.2, 0) is 14.3 Å². The molecule has 2 N–H and O–H groups in total. The van der Waals surface area contributed by atoms with Crippen LogP contribution in [0, 0.1) is 5.92 Å². The van der Waals surface area contributed by atoms with Crippen LogP contribution in [0.2, 0.25) is 0 Å². The Morgan fingerprint density at radius 1 is 1.06 bits per heavy atom. The van der Waals surface area contributed by atoms with Gasteiger partial charge in [0.1, 0.15) is 12.6 Å². The largest absolute Gasteiger partial charge is 0.480 e. The monoisotopic (exact) mass is 448 g/mol. The summed E-state index contributed by atoms with van der Waals surface area (Å²) in [6, 6.07) is 15.5. The topological polar surface area (TPSA) is 95.9 Å². The van der Waals surface area contributed by atoms with Crippen LogP contribution >= 0.6 is 0 Å². The number of fused-ring (bicyclic) bond motifs is 3. The minimum Gasteiger partial charge on any atom is -0.480 e. The number of carbonyl (C=O) groups excluding carboxylic acids is 2. The number of likely N-dealkylation sites (tertiary alicyclic amines) is 1. The van der Waals surface area contributed by atoms with Gasteiger partial charge in [0.05, 0.1) is 12.0 Å². The van der Waals surface area contributed by atoms with Crippen LogP contribution in [0.4, 0.5) is 4.79 Å². The molecule has 2 fully saturated rings. The van der Waals surface area contributed by atoms with Crippen LogP contribution in [0.5, 0.6) is 0 Å². The van der Waals surface area contributed by atoms with Gasteiger partial charge in [-0.2, -0.15) is 0 Å². The molecule has 7 nitrogen and oxygen atoms in total. The SMILES string of the molecule is CC1CCN(C(=O)CC2(NC(=O)OCC3c4ccccc4-c4ccccc43)CC2)C1C(=O)O. The molecule has 5 rings (SSSR count). The number of alkyl carbamates (subject to hydrolysis) is 1. The Labute approximate surface area is 192 Å². The second-order valence-electron chi connectivity index (χ2n) is 9.54. The second-order valence-corrected chi connectivity index (χ2v) is 9.54. The number of ether oxygens (including phenoxy) is 1. The summed E-state index contributed by atoms with van der Waals surface area (Å²) < 4.78 is 5.63. The summed E-state index contributed by atoms with van der Waals surface area (Å²) >= 11 is 0. The Balaban J connectivity index is 1.21. The molecule has 0 radical (unpaired) electrons. The first-order valence-corrected chi connectivity index (χ1v) is 11.5. The van der Waals surface area contributed by atoms with Gasteiger partial charge in [0.2, 0.25) is 5.91 Å². The summed E-state index contributed by atoms with van der Waals surface area (Å²) in [5, 5.41) is 12.4. The van der Waals surface area contributed by atoms with E-state index >= 15 is 0 Å². The van der Waals surface area contributed by atoms with Crippen molar-refractivity contribution in [2.75, 3.05) is 13.2 Å². The van der Waals surface area contributed by atoms with E-state index in [4.69, 9.17) is 4.74 Å². The van der Waals surface area contributed by atoms with Gasteiger partial charge in [0.15, 0.2) is 0 Å². The molecule has 1 aliphatic heterocycles. The molecule has 1 heterocycles. The van der Waals surface area contributed by atoms with E-state index < -0.39 is 23.6 Å². The van der Waals surface area contributed by atoms with Gasteiger partial charge in [-0.1, -0.05) is 55.5 Å². The summed E-state index contributed by atoms with van der Waals surface area (Å²) in [5.74, 6) is -1.29. The van der Waals surface area contributed by atoms with Gasteiger partial charge in [-0.25, -0.2) is 9.59 Å². The highest BCUT2D eigenvalue weighted by Gasteiger charge is 2.49. The third-order valence-corrected chi connectivity index (χ3v) is 7.33. The van der Waals surface area contributed by atoms with Crippen molar-refractivity contribution in [3.05, 3.63) is 59.7 Å². The van der Waals surface area contributed by atoms with E-state index in [2.05, 4.69) is 29.6 Å². The number of carboxylic acid groups (broad SMARTS) is 1. The van der Waals surface area contributed by atoms with Crippen molar-refractivity contribution in [2.24, 2.45) is 5.92 Å². The van der Waals surface area contributed by atoms with Crippen molar-refractivity contribution in [3.63, 3.8) is 0 Å². The molecule has 2 atom stereocenters. The lowest BCUT2D eigenvalue weighted by atomic mass is 9.98. The van der Waals surface area contributed by atoms with Gasteiger partial charge in [0.25, 0.3) is 0 Å². The molecule has 2 unspecified atom stereocenters. The number of carbonyl (C=O) groups is 3. The Morgan fingerprint density at radius 2 is 1.67 bits per heavy atom. The fourth-order valence-corrected chi connectivity index (χ4v) is 5.34. The number of rotatable bonds is 6. The highest BCUT2D eigenvalue weighted by Crippen LogP contribution is 2.45. The Bertz CT molecular complexity index is 1060. The lowest BCUT2D eigenvalue weighted by Crippen LogP contribution is -2.47. The van der Waals surface area contributed by atoms with Crippen molar-refractivity contribution in [1.29, 1.82) is 0 Å². The van der Waals surface area contributed by atoms with Gasteiger partial charge in [0, 0.05) is 12.5 Å². The first kappa shape index (κ1) is 21.5. The normalized spacial score (nSPS) is 22.4. The summed E-state index contributed by atoms with van der Waals surface area (Å²) in [6.07, 6.45) is 1.61. The minimum atomic E-state index is -0.970. The van der Waals surface area contributed by atoms with Gasteiger partial charge >= 0.3 is 12.1 Å². The molecule has 2 aromatic rings. The molecule has 3 aliphatic rings. The van der Waals surface area contributed by atoms with E-state index in [1.54, 1.807) is 0 Å². The fraction of sp³-hybridized carbons (Fsp3) is 0.423. The van der Waals surface area contributed by atoms with Crippen LogP contribution in [0.15, 0.2) is 48.5 Å². The molecule has 172 valence electrons. The lowest BCUT2D eigenvalue weighted by Gasteiger charge is -2.26. The maximum Gasteiger partial charge on any atom is 0.407 e. The summed E-state index contributed by atoms with van der Waals surface area (Å²) in [6.45, 7) is 2.51. The molecule has 2 amide bonds. The highest BCUT2D eigenvalue weighted by molar-refractivity contribution is 5.86. The van der Waals surface area contributed by atoms with E-state index in [-0.39, 0.29) is 30.8 Å². The van der Waals surface area contributed by atoms with Crippen molar-refractivity contribution in [1.82, 2.24) is 10.2 Å². The second kappa shape index (κ2) is 8.21. The first-order chi connectivity index (χ1) is 15.9. The maximum absolute atomic E-state index is 12.9. The molecule has 0 spiro atoms. The number of hydrogen-bond acceptors (Lipinski definition) is 4. The number of nitrogens with zero attached hydrogens (tertiary/aromatic N) is 1. The zero-order valence-electron chi connectivity index (χ0n) is 18.6. The minimum absolute atomic E-state index is 0.0256. The van der Waals surface area contributed by atoms with Crippen LogP contribution in [0.25, 0.3) is 11.1 Å². The van der Waals surface area contributed by atoms with Gasteiger partial charge in [-0.15, -0.1) is 0 Å². The lowest BCUT2D eigenvalue weighted by molar-refractivity contribution is -0.149. The van der Waals surface area contributed by atoms with Crippen molar-refractivity contribution >= 4 is 18.0 Å². The highest BCUT2D eigenvalue weighted by atomic mass is 16.5. The first-order valence-electron chi connectivity index (χ1n) is 11.5. The molecular formula is C26H28N2O5. The molecule has 1 saturated carbocycles.